The highest BCUT2D eigenvalue weighted by Crippen LogP contribution is 2.51. The number of phenolic OH excluding ortho intramolecular Hbond substituents is 1. The molecule has 0 heterocycles. The maximum atomic E-state index is 9.78. The molecule has 0 amide bonds. The number of phenols is 1. The van der Waals surface area contributed by atoms with E-state index in [0.717, 1.165) is 12.1 Å². The summed E-state index contributed by atoms with van der Waals surface area (Å²) in [5.74, 6) is 0.419. The van der Waals surface area contributed by atoms with Crippen molar-refractivity contribution in [3.05, 3.63) is 29.8 Å². The van der Waals surface area contributed by atoms with Gasteiger partial charge in [0, 0.05) is 18.2 Å². The summed E-state index contributed by atoms with van der Waals surface area (Å²) >= 11 is 0. The van der Waals surface area contributed by atoms with Crippen LogP contribution in [0.2, 0.25) is 0 Å². The van der Waals surface area contributed by atoms with Gasteiger partial charge < -0.3 is 10.4 Å². The van der Waals surface area contributed by atoms with Crippen molar-refractivity contribution in [1.29, 1.82) is 0 Å². The molecule has 2 aliphatic carbocycles. The van der Waals surface area contributed by atoms with E-state index in [2.05, 4.69) is 5.32 Å². The van der Waals surface area contributed by atoms with Crippen molar-refractivity contribution in [2.75, 3.05) is 0 Å². The molecule has 1 aromatic rings. The standard InChI is InChI=1S/C16H23NO/c18-14-7-3-2-6-13(14)12-17-15-8-11-16(15)9-4-1-5-10-16/h2-3,6-7,15,17-18H,1,4-5,8-12H2. The molecule has 0 aromatic heterocycles. The van der Waals surface area contributed by atoms with E-state index in [0.29, 0.717) is 17.2 Å². The largest absolute Gasteiger partial charge is 0.508 e. The number of aromatic hydroxyl groups is 1. The summed E-state index contributed by atoms with van der Waals surface area (Å²) in [7, 11) is 0. The molecule has 2 nitrogen and oxygen atoms in total. The fourth-order valence-electron chi connectivity index (χ4n) is 3.76. The third kappa shape index (κ3) is 2.14. The number of rotatable bonds is 3. The van der Waals surface area contributed by atoms with Crippen LogP contribution in [0.4, 0.5) is 0 Å². The molecule has 0 radical (unpaired) electrons. The second-order valence-electron chi connectivity index (χ2n) is 6.02. The number of nitrogens with one attached hydrogen (secondary N) is 1. The topological polar surface area (TPSA) is 32.3 Å². The molecule has 2 aliphatic rings. The number of hydrogen-bond acceptors (Lipinski definition) is 2. The van der Waals surface area contributed by atoms with Crippen LogP contribution in [0.5, 0.6) is 5.75 Å². The van der Waals surface area contributed by atoms with Crippen LogP contribution >= 0.6 is 0 Å². The third-order valence-electron chi connectivity index (χ3n) is 5.05. The predicted molar refractivity (Wildman–Crippen MR) is 73.5 cm³/mol. The number of benzene rings is 1. The zero-order valence-corrected chi connectivity index (χ0v) is 11.0. The van der Waals surface area contributed by atoms with Crippen LogP contribution < -0.4 is 5.32 Å². The van der Waals surface area contributed by atoms with Gasteiger partial charge >= 0.3 is 0 Å². The maximum Gasteiger partial charge on any atom is 0.120 e. The van der Waals surface area contributed by atoms with Gasteiger partial charge in [-0.25, -0.2) is 0 Å². The normalized spacial score (nSPS) is 25.9. The van der Waals surface area contributed by atoms with Crippen LogP contribution in [0.1, 0.15) is 50.5 Å². The van der Waals surface area contributed by atoms with Crippen molar-refractivity contribution in [1.82, 2.24) is 5.32 Å². The minimum Gasteiger partial charge on any atom is -0.508 e. The molecular formula is C16H23NO. The van der Waals surface area contributed by atoms with E-state index >= 15 is 0 Å². The Morgan fingerprint density at radius 3 is 2.56 bits per heavy atom. The molecule has 2 N–H and O–H groups in total. The summed E-state index contributed by atoms with van der Waals surface area (Å²) in [4.78, 5) is 0. The zero-order valence-electron chi connectivity index (χ0n) is 11.0. The van der Waals surface area contributed by atoms with Crippen LogP contribution in [0.25, 0.3) is 0 Å². The van der Waals surface area contributed by atoms with E-state index in [1.807, 2.05) is 18.2 Å². The lowest BCUT2D eigenvalue weighted by Crippen LogP contribution is -2.53. The van der Waals surface area contributed by atoms with Gasteiger partial charge in [-0.1, -0.05) is 37.5 Å². The molecule has 18 heavy (non-hydrogen) atoms. The van der Waals surface area contributed by atoms with Gasteiger partial charge in [-0.15, -0.1) is 0 Å². The zero-order chi connectivity index (χ0) is 12.4. The van der Waals surface area contributed by atoms with Crippen molar-refractivity contribution in [3.8, 4) is 5.75 Å². The Morgan fingerprint density at radius 1 is 1.11 bits per heavy atom. The van der Waals surface area contributed by atoms with Gasteiger partial charge in [-0.05, 0) is 37.2 Å². The lowest BCUT2D eigenvalue weighted by molar-refractivity contribution is 0.0220. The molecule has 0 saturated heterocycles. The van der Waals surface area contributed by atoms with Crippen molar-refractivity contribution in [2.24, 2.45) is 5.41 Å². The Kier molecular flexibility index (Phi) is 3.29. The van der Waals surface area contributed by atoms with E-state index in [1.165, 1.54) is 44.9 Å². The molecule has 2 heteroatoms. The van der Waals surface area contributed by atoms with Gasteiger partial charge in [0.15, 0.2) is 0 Å². The lowest BCUT2D eigenvalue weighted by atomic mass is 9.57. The highest BCUT2D eigenvalue weighted by Gasteiger charge is 2.46. The molecule has 0 aliphatic heterocycles. The fraction of sp³-hybridized carbons (Fsp3) is 0.625. The molecular weight excluding hydrogens is 222 g/mol. The predicted octanol–water partition coefficient (Wildman–Crippen LogP) is 3.59. The summed E-state index contributed by atoms with van der Waals surface area (Å²) in [5, 5.41) is 13.5. The SMILES string of the molecule is Oc1ccccc1CNC1CCC12CCCCC2. The quantitative estimate of drug-likeness (QED) is 0.853. The highest BCUT2D eigenvalue weighted by atomic mass is 16.3. The first-order valence-electron chi connectivity index (χ1n) is 7.30. The molecule has 1 spiro atoms. The Labute approximate surface area is 109 Å². The molecule has 3 rings (SSSR count). The number of hydrogen-bond donors (Lipinski definition) is 2. The van der Waals surface area contributed by atoms with E-state index in [9.17, 15) is 5.11 Å². The molecule has 98 valence electrons. The Bertz CT molecular complexity index is 409. The monoisotopic (exact) mass is 245 g/mol. The second-order valence-corrected chi connectivity index (χ2v) is 6.02. The Hall–Kier alpha value is -1.02. The van der Waals surface area contributed by atoms with Gasteiger partial charge in [0.05, 0.1) is 0 Å². The first-order valence-corrected chi connectivity index (χ1v) is 7.30. The van der Waals surface area contributed by atoms with Crippen LogP contribution in [-0.4, -0.2) is 11.1 Å². The van der Waals surface area contributed by atoms with E-state index in [1.54, 1.807) is 6.07 Å². The first-order chi connectivity index (χ1) is 8.80. The second kappa shape index (κ2) is 4.93. The Morgan fingerprint density at radius 2 is 1.89 bits per heavy atom. The van der Waals surface area contributed by atoms with Crippen LogP contribution in [0.15, 0.2) is 24.3 Å². The first kappa shape index (κ1) is 12.0. The van der Waals surface area contributed by atoms with Crippen molar-refractivity contribution in [2.45, 2.75) is 57.5 Å². The molecule has 2 saturated carbocycles. The van der Waals surface area contributed by atoms with Gasteiger partial charge in [-0.2, -0.15) is 0 Å². The summed E-state index contributed by atoms with van der Waals surface area (Å²) in [6, 6.07) is 8.33. The average molecular weight is 245 g/mol. The molecule has 2 fully saturated rings. The Balaban J connectivity index is 1.59. The van der Waals surface area contributed by atoms with E-state index < -0.39 is 0 Å². The summed E-state index contributed by atoms with van der Waals surface area (Å²) in [6.45, 7) is 0.805. The highest BCUT2D eigenvalue weighted by molar-refractivity contribution is 5.31. The summed E-state index contributed by atoms with van der Waals surface area (Å²) in [5.41, 5.74) is 1.62. The molecule has 1 aromatic carbocycles. The fourth-order valence-corrected chi connectivity index (χ4v) is 3.76. The van der Waals surface area contributed by atoms with Gasteiger partial charge in [0.25, 0.3) is 0 Å². The number of para-hydroxylation sites is 1. The van der Waals surface area contributed by atoms with Crippen molar-refractivity contribution in [3.63, 3.8) is 0 Å². The van der Waals surface area contributed by atoms with Crippen LogP contribution in [0, 0.1) is 5.41 Å². The van der Waals surface area contributed by atoms with Gasteiger partial charge in [-0.3, -0.25) is 0 Å². The maximum absolute atomic E-state index is 9.78. The van der Waals surface area contributed by atoms with Gasteiger partial charge in [0.1, 0.15) is 5.75 Å². The van der Waals surface area contributed by atoms with Crippen molar-refractivity contribution >= 4 is 0 Å². The molecule has 0 bridgehead atoms. The minimum absolute atomic E-state index is 0.419. The van der Waals surface area contributed by atoms with Gasteiger partial charge in [0.2, 0.25) is 0 Å². The average Bonchev–Trinajstić information content (AvgIpc) is 2.41. The van der Waals surface area contributed by atoms with E-state index in [4.69, 9.17) is 0 Å². The smallest absolute Gasteiger partial charge is 0.120 e. The minimum atomic E-state index is 0.419. The van der Waals surface area contributed by atoms with Crippen molar-refractivity contribution < 1.29 is 5.11 Å². The van der Waals surface area contributed by atoms with Crippen LogP contribution in [0.3, 0.4) is 0 Å². The lowest BCUT2D eigenvalue weighted by Gasteiger charge is -2.52. The summed E-state index contributed by atoms with van der Waals surface area (Å²) < 4.78 is 0. The van der Waals surface area contributed by atoms with Crippen LogP contribution in [-0.2, 0) is 6.54 Å². The van der Waals surface area contributed by atoms with E-state index in [-0.39, 0.29) is 0 Å². The molecule has 1 atom stereocenters. The molecule has 1 unspecified atom stereocenters. The summed E-state index contributed by atoms with van der Waals surface area (Å²) in [6.07, 6.45) is 9.79. The third-order valence-corrected chi connectivity index (χ3v) is 5.05.